The van der Waals surface area contributed by atoms with E-state index in [1.165, 1.54) is 22.3 Å². The molecule has 1 amide bonds. The maximum atomic E-state index is 12.9. The molecule has 0 atom stereocenters. The van der Waals surface area contributed by atoms with Gasteiger partial charge in [-0.1, -0.05) is 30.3 Å². The summed E-state index contributed by atoms with van der Waals surface area (Å²) in [6, 6.07) is 20.0. The summed E-state index contributed by atoms with van der Waals surface area (Å²) in [5, 5.41) is 6.93. The molecule has 10 heteroatoms. The molecule has 0 aliphatic heterocycles. The number of hydrogen-bond donors (Lipinski definition) is 2. The predicted octanol–water partition coefficient (Wildman–Crippen LogP) is 5.88. The van der Waals surface area contributed by atoms with E-state index < -0.39 is 0 Å². The molecule has 2 N–H and O–H groups in total. The van der Waals surface area contributed by atoms with Crippen molar-refractivity contribution in [2.45, 2.75) is 25.9 Å². The molecule has 9 nitrogen and oxygen atoms in total. The Balaban J connectivity index is 1.25. The SMILES string of the molecule is COc1ccc(CN(CCc2c[nH]c3ccccc23)Cc2nc(C(=O)NCCc3ccc(OC)c(OC)c3)cs2)c(OC)c1. The Bertz CT molecular complexity index is 1700. The van der Waals surface area contributed by atoms with E-state index in [9.17, 15) is 4.79 Å². The van der Waals surface area contributed by atoms with Crippen molar-refractivity contribution in [3.8, 4) is 23.0 Å². The fraction of sp³-hybridized carbons (Fsp3) is 0.294. The number of thiazole rings is 1. The largest absolute Gasteiger partial charge is 0.497 e. The van der Waals surface area contributed by atoms with Gasteiger partial charge in [-0.15, -0.1) is 11.3 Å². The van der Waals surface area contributed by atoms with Crippen LogP contribution in [0.3, 0.4) is 0 Å². The maximum absolute atomic E-state index is 12.9. The number of aromatic nitrogens is 2. The van der Waals surface area contributed by atoms with Crippen LogP contribution in [0.25, 0.3) is 10.9 Å². The zero-order chi connectivity index (χ0) is 30.9. The highest BCUT2D eigenvalue weighted by atomic mass is 32.1. The van der Waals surface area contributed by atoms with E-state index in [2.05, 4.69) is 39.6 Å². The summed E-state index contributed by atoms with van der Waals surface area (Å²) >= 11 is 1.50. The molecule has 44 heavy (non-hydrogen) atoms. The van der Waals surface area contributed by atoms with Gasteiger partial charge in [-0.05, 0) is 48.2 Å². The van der Waals surface area contributed by atoms with Crippen molar-refractivity contribution in [1.29, 1.82) is 0 Å². The summed E-state index contributed by atoms with van der Waals surface area (Å²) in [5.74, 6) is 2.68. The Morgan fingerprint density at radius 3 is 2.48 bits per heavy atom. The topological polar surface area (TPSA) is 97.9 Å². The summed E-state index contributed by atoms with van der Waals surface area (Å²) in [6.07, 6.45) is 3.61. The molecule has 0 fully saturated rings. The van der Waals surface area contributed by atoms with Crippen molar-refractivity contribution in [2.75, 3.05) is 41.5 Å². The molecule has 0 unspecified atom stereocenters. The predicted molar refractivity (Wildman–Crippen MR) is 173 cm³/mol. The Morgan fingerprint density at radius 2 is 1.68 bits per heavy atom. The number of amides is 1. The second-order valence-corrected chi connectivity index (χ2v) is 11.3. The molecule has 0 bridgehead atoms. The number of benzene rings is 3. The lowest BCUT2D eigenvalue weighted by molar-refractivity contribution is 0.0949. The van der Waals surface area contributed by atoms with Crippen molar-refractivity contribution >= 4 is 28.1 Å². The van der Waals surface area contributed by atoms with Gasteiger partial charge >= 0.3 is 0 Å². The molecule has 0 radical (unpaired) electrons. The fourth-order valence-electron chi connectivity index (χ4n) is 5.18. The standard InChI is InChI=1S/C34H38N4O5S/c1-40-26-11-10-25(31(18-26)42-3)20-38(16-14-24-19-36-28-8-6-5-7-27(24)28)21-33-37-29(22-44-33)34(39)35-15-13-23-9-12-30(41-2)32(17-23)43-4/h5-12,17-19,22,36H,13-16,20-21H2,1-4H3,(H,35,39). The van der Waals surface area contributed by atoms with Crippen molar-refractivity contribution in [3.63, 3.8) is 0 Å². The summed E-state index contributed by atoms with van der Waals surface area (Å²) in [7, 11) is 6.54. The highest BCUT2D eigenvalue weighted by molar-refractivity contribution is 7.09. The number of aromatic amines is 1. The maximum Gasteiger partial charge on any atom is 0.270 e. The van der Waals surface area contributed by atoms with E-state index >= 15 is 0 Å². The summed E-state index contributed by atoms with van der Waals surface area (Å²) in [5.41, 5.74) is 4.92. The Labute approximate surface area is 261 Å². The first-order valence-corrected chi connectivity index (χ1v) is 15.3. The molecule has 0 spiro atoms. The van der Waals surface area contributed by atoms with E-state index in [1.807, 2.05) is 47.8 Å². The lowest BCUT2D eigenvalue weighted by atomic mass is 10.1. The van der Waals surface area contributed by atoms with Gasteiger partial charge in [0, 0.05) is 53.7 Å². The third-order valence-corrected chi connectivity index (χ3v) is 8.38. The molecule has 5 aromatic rings. The highest BCUT2D eigenvalue weighted by Gasteiger charge is 2.17. The number of carbonyl (C=O) groups is 1. The van der Waals surface area contributed by atoms with Gasteiger partial charge in [0.25, 0.3) is 5.91 Å². The fourth-order valence-corrected chi connectivity index (χ4v) is 6.00. The molecular weight excluding hydrogens is 576 g/mol. The van der Waals surface area contributed by atoms with Gasteiger partial charge in [-0.2, -0.15) is 0 Å². The number of para-hydroxylation sites is 1. The molecule has 2 heterocycles. The highest BCUT2D eigenvalue weighted by Crippen LogP contribution is 2.29. The summed E-state index contributed by atoms with van der Waals surface area (Å²) in [6.45, 7) is 2.53. The van der Waals surface area contributed by atoms with Crippen LogP contribution >= 0.6 is 11.3 Å². The first-order chi connectivity index (χ1) is 21.5. The van der Waals surface area contributed by atoms with E-state index in [0.717, 1.165) is 46.1 Å². The van der Waals surface area contributed by atoms with Crippen LogP contribution in [0.1, 0.15) is 32.2 Å². The number of ether oxygens (including phenoxy) is 4. The van der Waals surface area contributed by atoms with Crippen LogP contribution in [0.5, 0.6) is 23.0 Å². The minimum absolute atomic E-state index is 0.185. The number of hydrogen-bond acceptors (Lipinski definition) is 8. The third-order valence-electron chi connectivity index (χ3n) is 7.55. The van der Waals surface area contributed by atoms with Crippen molar-refractivity contribution < 1.29 is 23.7 Å². The molecule has 230 valence electrons. The second-order valence-electron chi connectivity index (χ2n) is 10.3. The minimum Gasteiger partial charge on any atom is -0.497 e. The lowest BCUT2D eigenvalue weighted by Crippen LogP contribution is -2.27. The Morgan fingerprint density at radius 1 is 0.864 bits per heavy atom. The van der Waals surface area contributed by atoms with Crippen LogP contribution in [-0.4, -0.2) is 62.3 Å². The Hall–Kier alpha value is -4.54. The van der Waals surface area contributed by atoms with Crippen LogP contribution in [0.15, 0.2) is 72.2 Å². The molecule has 0 saturated carbocycles. The quantitative estimate of drug-likeness (QED) is 0.152. The van der Waals surface area contributed by atoms with E-state index in [-0.39, 0.29) is 5.91 Å². The van der Waals surface area contributed by atoms with Gasteiger partial charge in [0.2, 0.25) is 0 Å². The number of fused-ring (bicyclic) bond motifs is 1. The van der Waals surface area contributed by atoms with Crippen LogP contribution < -0.4 is 24.3 Å². The number of rotatable bonds is 15. The monoisotopic (exact) mass is 614 g/mol. The Kier molecular flexibility index (Phi) is 10.4. The van der Waals surface area contributed by atoms with Gasteiger partial charge in [0.1, 0.15) is 22.2 Å². The number of nitrogens with zero attached hydrogens (tertiary/aromatic N) is 2. The van der Waals surface area contributed by atoms with E-state index in [4.69, 9.17) is 23.9 Å². The first kappa shape index (κ1) is 30.9. The molecule has 0 aliphatic rings. The van der Waals surface area contributed by atoms with Gasteiger partial charge in [0.15, 0.2) is 11.5 Å². The number of H-pyrrole nitrogens is 1. The average Bonchev–Trinajstić information content (AvgIpc) is 3.71. The zero-order valence-corrected chi connectivity index (χ0v) is 26.3. The van der Waals surface area contributed by atoms with Gasteiger partial charge in [0.05, 0.1) is 35.0 Å². The zero-order valence-electron chi connectivity index (χ0n) is 25.5. The second kappa shape index (κ2) is 14.8. The van der Waals surface area contributed by atoms with Crippen LogP contribution in [0.4, 0.5) is 0 Å². The van der Waals surface area contributed by atoms with Gasteiger partial charge < -0.3 is 29.2 Å². The number of carbonyl (C=O) groups excluding carboxylic acids is 1. The molecule has 0 saturated heterocycles. The third kappa shape index (κ3) is 7.50. The van der Waals surface area contributed by atoms with E-state index in [0.29, 0.717) is 43.2 Å². The van der Waals surface area contributed by atoms with Crippen LogP contribution in [-0.2, 0) is 25.9 Å². The van der Waals surface area contributed by atoms with Gasteiger partial charge in [-0.25, -0.2) is 4.98 Å². The van der Waals surface area contributed by atoms with Crippen LogP contribution in [0, 0.1) is 0 Å². The number of methoxy groups -OCH3 is 4. The molecule has 5 rings (SSSR count). The molecule has 0 aliphatic carbocycles. The molecule has 3 aromatic carbocycles. The smallest absolute Gasteiger partial charge is 0.270 e. The summed E-state index contributed by atoms with van der Waals surface area (Å²) < 4.78 is 21.8. The lowest BCUT2D eigenvalue weighted by Gasteiger charge is -2.22. The van der Waals surface area contributed by atoms with Crippen molar-refractivity contribution in [1.82, 2.24) is 20.2 Å². The van der Waals surface area contributed by atoms with Crippen LogP contribution in [0.2, 0.25) is 0 Å². The normalized spacial score (nSPS) is 11.1. The first-order valence-electron chi connectivity index (χ1n) is 14.4. The van der Waals surface area contributed by atoms with Crippen molar-refractivity contribution in [3.05, 3.63) is 99.6 Å². The minimum atomic E-state index is -0.185. The van der Waals surface area contributed by atoms with Gasteiger partial charge in [-0.3, -0.25) is 9.69 Å². The number of nitrogens with one attached hydrogen (secondary N) is 2. The molecule has 2 aromatic heterocycles. The van der Waals surface area contributed by atoms with E-state index in [1.54, 1.807) is 28.4 Å². The molecular formula is C34H38N4O5S. The summed E-state index contributed by atoms with van der Waals surface area (Å²) in [4.78, 5) is 23.4. The average molecular weight is 615 g/mol. The van der Waals surface area contributed by atoms with Crippen molar-refractivity contribution in [2.24, 2.45) is 0 Å².